The zero-order chi connectivity index (χ0) is 17.4. The van der Waals surface area contributed by atoms with Gasteiger partial charge >= 0.3 is 6.03 Å². The van der Waals surface area contributed by atoms with Crippen molar-refractivity contribution in [2.75, 3.05) is 18.4 Å². The summed E-state index contributed by atoms with van der Waals surface area (Å²) in [5.41, 5.74) is 4.69. The Morgan fingerprint density at radius 2 is 2.04 bits per heavy atom. The maximum absolute atomic E-state index is 12.3. The van der Waals surface area contributed by atoms with Gasteiger partial charge in [0.15, 0.2) is 5.82 Å². The van der Waals surface area contributed by atoms with Crippen molar-refractivity contribution in [1.29, 1.82) is 0 Å². The van der Waals surface area contributed by atoms with E-state index in [1.807, 2.05) is 30.2 Å². The number of nitrogens with zero attached hydrogens (tertiary/aromatic N) is 3. The van der Waals surface area contributed by atoms with Gasteiger partial charge in [0.1, 0.15) is 0 Å². The first-order chi connectivity index (χ1) is 12.1. The van der Waals surface area contributed by atoms with Gasteiger partial charge in [-0.1, -0.05) is 17.7 Å². The molecule has 1 aromatic carbocycles. The molecule has 0 bridgehead atoms. The Balaban J connectivity index is 1.57. The highest BCUT2D eigenvalue weighted by Gasteiger charge is 2.21. The van der Waals surface area contributed by atoms with E-state index in [0.29, 0.717) is 11.4 Å². The molecule has 6 heteroatoms. The largest absolute Gasteiger partial charge is 0.325 e. The molecule has 0 saturated carbocycles. The molecule has 25 heavy (non-hydrogen) atoms. The van der Waals surface area contributed by atoms with Crippen molar-refractivity contribution in [3.63, 3.8) is 0 Å². The fourth-order valence-electron chi connectivity index (χ4n) is 3.30. The number of carbonyl (C=O) groups excluding carboxylic acids is 1. The number of fused-ring (bicyclic) bond motifs is 1. The third kappa shape index (κ3) is 3.24. The molecule has 2 amide bonds. The number of aromatic nitrogens is 1. The molecule has 0 aliphatic carbocycles. The predicted octanol–water partition coefficient (Wildman–Crippen LogP) is 4.35. The number of halogens is 1. The number of aliphatic imine (C=N–C) groups is 1. The third-order valence-corrected chi connectivity index (χ3v) is 4.93. The fraction of sp³-hybridized carbons (Fsp3) is 0.316. The normalized spacial score (nSPS) is 15.9. The van der Waals surface area contributed by atoms with Gasteiger partial charge < -0.3 is 10.2 Å². The maximum atomic E-state index is 12.3. The van der Waals surface area contributed by atoms with Crippen molar-refractivity contribution in [3.05, 3.63) is 52.2 Å². The van der Waals surface area contributed by atoms with Crippen LogP contribution < -0.4 is 5.32 Å². The van der Waals surface area contributed by atoms with E-state index in [4.69, 9.17) is 11.6 Å². The van der Waals surface area contributed by atoms with E-state index in [-0.39, 0.29) is 6.03 Å². The molecular weight excluding hydrogens is 336 g/mol. The number of hydrogen-bond acceptors (Lipinski definition) is 3. The molecule has 0 spiro atoms. The summed E-state index contributed by atoms with van der Waals surface area (Å²) in [5.74, 6) is 0.753. The number of amides is 2. The Morgan fingerprint density at radius 3 is 2.84 bits per heavy atom. The van der Waals surface area contributed by atoms with Crippen LogP contribution in [0.15, 0.2) is 35.5 Å². The summed E-state index contributed by atoms with van der Waals surface area (Å²) in [6, 6.07) is 7.57. The van der Waals surface area contributed by atoms with Crippen LogP contribution in [0.1, 0.15) is 29.5 Å². The number of pyridine rings is 1. The standard InChI is InChI=1S/C19H19ClN4O/c1-12-8-13-9-17(23-18(13)21-11-12)15-10-14(4-5-16(15)20)22-19(25)24-6-2-3-7-24/h4-5,8,10-11H,2-3,6-7,9H2,1H3,(H,22,25). The Hall–Kier alpha value is -2.40. The summed E-state index contributed by atoms with van der Waals surface area (Å²) in [6.07, 6.45) is 4.66. The van der Waals surface area contributed by atoms with Crippen molar-refractivity contribution < 1.29 is 4.79 Å². The zero-order valence-corrected chi connectivity index (χ0v) is 14.8. The van der Waals surface area contributed by atoms with Gasteiger partial charge in [-0.3, -0.25) is 0 Å². The van der Waals surface area contributed by atoms with E-state index >= 15 is 0 Å². The van der Waals surface area contributed by atoms with Crippen LogP contribution in [0.2, 0.25) is 5.02 Å². The van der Waals surface area contributed by atoms with Gasteiger partial charge in [0.2, 0.25) is 0 Å². The summed E-state index contributed by atoms with van der Waals surface area (Å²) >= 11 is 6.39. The van der Waals surface area contributed by atoms with Gasteiger partial charge in [0, 0.05) is 47.5 Å². The van der Waals surface area contributed by atoms with Crippen molar-refractivity contribution in [2.45, 2.75) is 26.2 Å². The van der Waals surface area contributed by atoms with Crippen LogP contribution in [0, 0.1) is 6.92 Å². The monoisotopic (exact) mass is 354 g/mol. The second-order valence-corrected chi connectivity index (χ2v) is 6.96. The minimum Gasteiger partial charge on any atom is -0.325 e. The molecule has 128 valence electrons. The van der Waals surface area contributed by atoms with Gasteiger partial charge in [-0.25, -0.2) is 14.8 Å². The molecule has 2 aliphatic heterocycles. The van der Waals surface area contributed by atoms with Crippen LogP contribution >= 0.6 is 11.6 Å². The second-order valence-electron chi connectivity index (χ2n) is 6.55. The van der Waals surface area contributed by atoms with Crippen LogP contribution in [-0.2, 0) is 6.42 Å². The zero-order valence-electron chi connectivity index (χ0n) is 14.1. The number of carbonyl (C=O) groups is 1. The molecule has 1 N–H and O–H groups in total. The van der Waals surface area contributed by atoms with E-state index < -0.39 is 0 Å². The summed E-state index contributed by atoms with van der Waals surface area (Å²) in [4.78, 5) is 23.1. The molecule has 1 aromatic heterocycles. The number of urea groups is 1. The third-order valence-electron chi connectivity index (χ3n) is 4.60. The fourth-order valence-corrected chi connectivity index (χ4v) is 3.53. The first-order valence-corrected chi connectivity index (χ1v) is 8.87. The molecular formula is C19H19ClN4O. The van der Waals surface area contributed by atoms with Crippen molar-refractivity contribution >= 4 is 34.8 Å². The highest BCUT2D eigenvalue weighted by molar-refractivity contribution is 6.34. The van der Waals surface area contributed by atoms with Crippen LogP contribution in [-0.4, -0.2) is 34.7 Å². The molecule has 0 unspecified atom stereocenters. The molecule has 4 rings (SSSR count). The molecule has 0 atom stereocenters. The number of nitrogens with one attached hydrogen (secondary N) is 1. The topological polar surface area (TPSA) is 57.6 Å². The molecule has 1 saturated heterocycles. The number of anilines is 1. The second kappa shape index (κ2) is 6.48. The van der Waals surface area contributed by atoms with Crippen LogP contribution in [0.3, 0.4) is 0 Å². The lowest BCUT2D eigenvalue weighted by molar-refractivity contribution is 0.222. The minimum atomic E-state index is -0.0558. The molecule has 2 aromatic rings. The van der Waals surface area contributed by atoms with Gasteiger partial charge in [-0.15, -0.1) is 0 Å². The van der Waals surface area contributed by atoms with E-state index in [9.17, 15) is 4.79 Å². The van der Waals surface area contributed by atoms with E-state index in [0.717, 1.165) is 59.8 Å². The van der Waals surface area contributed by atoms with Crippen LogP contribution in [0.4, 0.5) is 16.3 Å². The van der Waals surface area contributed by atoms with Gasteiger partial charge in [0.05, 0.1) is 5.71 Å². The van der Waals surface area contributed by atoms with Crippen LogP contribution in [0.5, 0.6) is 0 Å². The Morgan fingerprint density at radius 1 is 1.24 bits per heavy atom. The van der Waals surface area contributed by atoms with E-state index in [1.165, 1.54) is 0 Å². The highest BCUT2D eigenvalue weighted by Crippen LogP contribution is 2.31. The quantitative estimate of drug-likeness (QED) is 0.871. The highest BCUT2D eigenvalue weighted by atomic mass is 35.5. The maximum Gasteiger partial charge on any atom is 0.321 e. The van der Waals surface area contributed by atoms with Crippen molar-refractivity contribution in [2.24, 2.45) is 4.99 Å². The lowest BCUT2D eigenvalue weighted by atomic mass is 10.0. The molecule has 5 nitrogen and oxygen atoms in total. The van der Waals surface area contributed by atoms with Crippen molar-refractivity contribution in [1.82, 2.24) is 9.88 Å². The summed E-state index contributed by atoms with van der Waals surface area (Å²) < 4.78 is 0. The van der Waals surface area contributed by atoms with Gasteiger partial charge in [0.25, 0.3) is 0 Å². The summed E-state index contributed by atoms with van der Waals surface area (Å²) in [7, 11) is 0. The lowest BCUT2D eigenvalue weighted by Gasteiger charge is -2.17. The molecule has 1 fully saturated rings. The number of rotatable bonds is 2. The molecule has 0 radical (unpaired) electrons. The Kier molecular flexibility index (Phi) is 4.17. The average Bonchev–Trinajstić information content (AvgIpc) is 3.25. The number of likely N-dealkylation sites (tertiary alicyclic amines) is 1. The SMILES string of the molecule is Cc1cnc2c(c1)CC(c1cc(NC(=O)N3CCCC3)ccc1Cl)=N2. The number of aryl methyl sites for hydroxylation is 1. The molecule has 3 heterocycles. The summed E-state index contributed by atoms with van der Waals surface area (Å²) in [5, 5.41) is 3.59. The lowest BCUT2D eigenvalue weighted by Crippen LogP contribution is -2.32. The first-order valence-electron chi connectivity index (χ1n) is 8.49. The van der Waals surface area contributed by atoms with E-state index in [1.54, 1.807) is 6.07 Å². The van der Waals surface area contributed by atoms with E-state index in [2.05, 4.69) is 21.4 Å². The smallest absolute Gasteiger partial charge is 0.321 e. The number of hydrogen-bond donors (Lipinski definition) is 1. The number of benzene rings is 1. The minimum absolute atomic E-state index is 0.0558. The Bertz CT molecular complexity index is 872. The van der Waals surface area contributed by atoms with Crippen LogP contribution in [0.25, 0.3) is 0 Å². The average molecular weight is 355 g/mol. The van der Waals surface area contributed by atoms with Gasteiger partial charge in [-0.2, -0.15) is 0 Å². The van der Waals surface area contributed by atoms with Gasteiger partial charge in [-0.05, 0) is 43.5 Å². The molecule has 2 aliphatic rings. The first kappa shape index (κ1) is 16.1. The Labute approximate surface area is 151 Å². The summed E-state index contributed by atoms with van der Waals surface area (Å²) in [6.45, 7) is 3.66. The van der Waals surface area contributed by atoms with Crippen molar-refractivity contribution in [3.8, 4) is 0 Å². The predicted molar refractivity (Wildman–Crippen MR) is 100 cm³/mol.